The molecule has 1 N–H and O–H groups in total. The van der Waals surface area contributed by atoms with Gasteiger partial charge in [-0.1, -0.05) is 133 Å². The highest BCUT2D eigenvalue weighted by molar-refractivity contribution is 7.18. The molecule has 0 amide bonds. The number of hydrogen-bond donors (Lipinski definition) is 1. The second kappa shape index (κ2) is 19.3. The van der Waals surface area contributed by atoms with Crippen LogP contribution in [-0.4, -0.2) is 28.5 Å². The van der Waals surface area contributed by atoms with Crippen molar-refractivity contribution in [2.24, 2.45) is 0 Å². The van der Waals surface area contributed by atoms with Crippen molar-refractivity contribution in [1.82, 2.24) is 10.2 Å². The Morgan fingerprint density at radius 2 is 1.05 bits per heavy atom. The van der Waals surface area contributed by atoms with Crippen LogP contribution >= 0.6 is 11.3 Å². The number of hydrogen-bond acceptors (Lipinski definition) is 6. The summed E-state index contributed by atoms with van der Waals surface area (Å²) < 4.78 is 11.9. The molecule has 0 radical (unpaired) electrons. The van der Waals surface area contributed by atoms with Crippen molar-refractivity contribution in [3.63, 3.8) is 0 Å². The van der Waals surface area contributed by atoms with Crippen molar-refractivity contribution in [3.05, 3.63) is 54.6 Å². The lowest BCUT2D eigenvalue weighted by molar-refractivity contribution is 0.303. The van der Waals surface area contributed by atoms with Gasteiger partial charge in [0.05, 0.1) is 18.8 Å². The fourth-order valence-electron chi connectivity index (χ4n) is 5.53. The first-order valence-corrected chi connectivity index (χ1v) is 18.0. The maximum Gasteiger partial charge on any atom is 0.151 e. The van der Waals surface area contributed by atoms with Crippen LogP contribution in [-0.2, 0) is 0 Å². The Bertz CT molecular complexity index is 1390. The van der Waals surface area contributed by atoms with Crippen molar-refractivity contribution in [3.8, 4) is 38.4 Å². The van der Waals surface area contributed by atoms with Gasteiger partial charge in [-0.3, -0.25) is 0 Å². The Morgan fingerprint density at radius 1 is 0.545 bits per heavy atom. The van der Waals surface area contributed by atoms with Gasteiger partial charge in [0, 0.05) is 11.6 Å². The summed E-state index contributed by atoms with van der Waals surface area (Å²) in [7, 11) is 0. The largest absolute Gasteiger partial charge is 0.507 e. The van der Waals surface area contributed by atoms with Crippen LogP contribution in [0.25, 0.3) is 31.9 Å². The highest BCUT2D eigenvalue weighted by Gasteiger charge is 2.14. The van der Waals surface area contributed by atoms with E-state index >= 15 is 0 Å². The molecule has 5 nitrogen and oxygen atoms in total. The van der Waals surface area contributed by atoms with Gasteiger partial charge in [-0.2, -0.15) is 0 Å². The Labute approximate surface area is 269 Å². The maximum absolute atomic E-state index is 10.7. The van der Waals surface area contributed by atoms with Crippen LogP contribution in [0.1, 0.15) is 117 Å². The summed E-state index contributed by atoms with van der Waals surface area (Å²) in [5, 5.41) is 23.3. The third-order valence-electron chi connectivity index (χ3n) is 8.22. The van der Waals surface area contributed by atoms with Crippen LogP contribution in [0.15, 0.2) is 54.6 Å². The van der Waals surface area contributed by atoms with E-state index in [1.165, 1.54) is 101 Å². The molecule has 0 saturated heterocycles. The van der Waals surface area contributed by atoms with Crippen molar-refractivity contribution >= 4 is 22.1 Å². The first-order valence-electron chi connectivity index (χ1n) is 17.1. The van der Waals surface area contributed by atoms with Gasteiger partial charge < -0.3 is 14.6 Å². The van der Waals surface area contributed by atoms with Crippen LogP contribution in [0.2, 0.25) is 0 Å². The third kappa shape index (κ3) is 11.1. The average molecular weight is 617 g/mol. The molecular formula is C38H52N2O3S. The fraction of sp³-hybridized carbons (Fsp3) is 0.526. The molecule has 0 fully saturated rings. The standard InChI is InChI=1S/C38H52N2O3S/c1-3-5-7-9-11-12-13-14-16-18-25-42-33-22-21-30-27-32(20-19-31(30)28-33)37-39-40-38(44-37)35-24-23-34(29-36(35)41)43-26-17-15-10-8-6-4-2/h19-24,27-29,41H,3-18,25-26H2,1-2H3. The minimum atomic E-state index is 0.164. The molecule has 238 valence electrons. The molecular weight excluding hydrogens is 564 g/mol. The van der Waals surface area contributed by atoms with Crippen molar-refractivity contribution < 1.29 is 14.6 Å². The van der Waals surface area contributed by atoms with Gasteiger partial charge in [-0.15, -0.1) is 10.2 Å². The fourth-order valence-corrected chi connectivity index (χ4v) is 6.40. The molecule has 3 aromatic carbocycles. The summed E-state index contributed by atoms with van der Waals surface area (Å²) in [6.45, 7) is 5.95. The molecule has 0 spiro atoms. The zero-order chi connectivity index (χ0) is 30.8. The lowest BCUT2D eigenvalue weighted by Gasteiger charge is -2.08. The minimum Gasteiger partial charge on any atom is -0.507 e. The quantitative estimate of drug-likeness (QED) is 0.0890. The number of phenolic OH excluding ortho intramolecular Hbond substituents is 1. The van der Waals surface area contributed by atoms with Gasteiger partial charge in [-0.05, 0) is 53.9 Å². The van der Waals surface area contributed by atoms with Crippen molar-refractivity contribution in [2.75, 3.05) is 13.2 Å². The van der Waals surface area contributed by atoms with Gasteiger partial charge >= 0.3 is 0 Å². The molecule has 0 aliphatic rings. The van der Waals surface area contributed by atoms with Crippen molar-refractivity contribution in [1.29, 1.82) is 0 Å². The number of aromatic hydroxyl groups is 1. The summed E-state index contributed by atoms with van der Waals surface area (Å²) in [4.78, 5) is 0. The number of rotatable bonds is 22. The Balaban J connectivity index is 1.23. The van der Waals surface area contributed by atoms with E-state index in [0.717, 1.165) is 46.5 Å². The van der Waals surface area contributed by atoms with E-state index in [1.807, 2.05) is 12.1 Å². The monoisotopic (exact) mass is 616 g/mol. The number of unbranched alkanes of at least 4 members (excludes halogenated alkanes) is 14. The lowest BCUT2D eigenvalue weighted by Crippen LogP contribution is -1.97. The van der Waals surface area contributed by atoms with Gasteiger partial charge in [0.2, 0.25) is 0 Å². The second-order valence-electron chi connectivity index (χ2n) is 12.0. The summed E-state index contributed by atoms with van der Waals surface area (Å²) >= 11 is 1.48. The van der Waals surface area contributed by atoms with Crippen LogP contribution in [0.5, 0.6) is 17.2 Å². The zero-order valence-electron chi connectivity index (χ0n) is 27.0. The molecule has 1 aromatic heterocycles. The number of fused-ring (bicyclic) bond motifs is 1. The average Bonchev–Trinajstić information content (AvgIpc) is 3.53. The van der Waals surface area contributed by atoms with Crippen LogP contribution in [0.4, 0.5) is 0 Å². The predicted molar refractivity (Wildman–Crippen MR) is 186 cm³/mol. The zero-order valence-corrected chi connectivity index (χ0v) is 27.8. The van der Waals surface area contributed by atoms with E-state index in [9.17, 15) is 5.11 Å². The molecule has 0 atom stereocenters. The van der Waals surface area contributed by atoms with Gasteiger partial charge in [0.25, 0.3) is 0 Å². The second-order valence-corrected chi connectivity index (χ2v) is 12.9. The van der Waals surface area contributed by atoms with Gasteiger partial charge in [0.1, 0.15) is 22.3 Å². The molecule has 4 rings (SSSR count). The van der Waals surface area contributed by atoms with Crippen LogP contribution in [0, 0.1) is 0 Å². The highest BCUT2D eigenvalue weighted by Crippen LogP contribution is 2.37. The summed E-state index contributed by atoms with van der Waals surface area (Å²) in [6.07, 6.45) is 20.6. The number of ether oxygens (including phenoxy) is 2. The van der Waals surface area contributed by atoms with Crippen LogP contribution < -0.4 is 9.47 Å². The van der Waals surface area contributed by atoms with E-state index in [1.54, 1.807) is 6.07 Å². The van der Waals surface area contributed by atoms with E-state index < -0.39 is 0 Å². The summed E-state index contributed by atoms with van der Waals surface area (Å²) in [5.41, 5.74) is 1.68. The Hall–Kier alpha value is -3.12. The molecule has 6 heteroatoms. The first kappa shape index (κ1) is 33.8. The summed E-state index contributed by atoms with van der Waals surface area (Å²) in [5.74, 6) is 1.78. The lowest BCUT2D eigenvalue weighted by atomic mass is 10.1. The maximum atomic E-state index is 10.7. The topological polar surface area (TPSA) is 64.5 Å². The minimum absolute atomic E-state index is 0.164. The van der Waals surface area contributed by atoms with Crippen LogP contribution in [0.3, 0.4) is 0 Å². The molecule has 1 heterocycles. The van der Waals surface area contributed by atoms with E-state index in [4.69, 9.17) is 9.47 Å². The molecule has 0 unspecified atom stereocenters. The van der Waals surface area contributed by atoms with Gasteiger partial charge in [-0.25, -0.2) is 0 Å². The van der Waals surface area contributed by atoms with E-state index in [0.29, 0.717) is 22.9 Å². The first-order chi connectivity index (χ1) is 21.7. The molecule has 0 aliphatic carbocycles. The smallest absolute Gasteiger partial charge is 0.151 e. The molecule has 0 saturated carbocycles. The Kier molecular flexibility index (Phi) is 14.8. The van der Waals surface area contributed by atoms with E-state index in [2.05, 4.69) is 60.4 Å². The summed E-state index contributed by atoms with van der Waals surface area (Å²) in [6, 6.07) is 18.1. The molecule has 44 heavy (non-hydrogen) atoms. The molecule has 0 bridgehead atoms. The van der Waals surface area contributed by atoms with Crippen molar-refractivity contribution in [2.45, 2.75) is 117 Å². The van der Waals surface area contributed by atoms with E-state index in [-0.39, 0.29) is 5.75 Å². The molecule has 4 aromatic rings. The predicted octanol–water partition coefficient (Wildman–Crippen LogP) is 11.8. The number of nitrogens with zero attached hydrogens (tertiary/aromatic N) is 2. The number of aromatic nitrogens is 2. The third-order valence-corrected chi connectivity index (χ3v) is 9.22. The highest BCUT2D eigenvalue weighted by atomic mass is 32.1. The Morgan fingerprint density at radius 3 is 1.66 bits per heavy atom. The number of benzene rings is 3. The normalized spacial score (nSPS) is 11.3. The van der Waals surface area contributed by atoms with Gasteiger partial charge in [0.15, 0.2) is 5.01 Å². The number of phenols is 1. The SMILES string of the molecule is CCCCCCCCCCCCOc1ccc2cc(-c3nnc(-c4ccc(OCCCCCCCC)cc4O)s3)ccc2c1. The molecule has 0 aliphatic heterocycles.